The molecule has 7 nitrogen and oxygen atoms in total. The van der Waals surface area contributed by atoms with E-state index in [4.69, 9.17) is 9.72 Å². The minimum absolute atomic E-state index is 0.155. The number of urea groups is 1. The molecule has 178 valence electrons. The molecule has 2 aromatic carbocycles. The maximum Gasteiger partial charge on any atom is 0.322 e. The quantitative estimate of drug-likeness (QED) is 0.585. The minimum Gasteiger partial charge on any atom is -0.495 e. The fraction of sp³-hybridized carbons (Fsp3) is 0.346. The van der Waals surface area contributed by atoms with Gasteiger partial charge in [-0.25, -0.2) is 19.2 Å². The Hall–Kier alpha value is -3.68. The number of piperazine rings is 1. The molecule has 2 heterocycles. The van der Waals surface area contributed by atoms with Crippen LogP contribution in [0.3, 0.4) is 0 Å². The molecule has 3 aromatic rings. The summed E-state index contributed by atoms with van der Waals surface area (Å²) in [5.41, 5.74) is 3.53. The van der Waals surface area contributed by atoms with E-state index >= 15 is 0 Å². The van der Waals surface area contributed by atoms with E-state index in [1.807, 2.05) is 37.3 Å². The van der Waals surface area contributed by atoms with Crippen molar-refractivity contribution >= 4 is 17.5 Å². The van der Waals surface area contributed by atoms with Crippen molar-refractivity contribution in [2.75, 3.05) is 43.5 Å². The summed E-state index contributed by atoms with van der Waals surface area (Å²) in [6.07, 6.45) is 1.33. The third-order valence-corrected chi connectivity index (χ3v) is 6.00. The van der Waals surface area contributed by atoms with Gasteiger partial charge in [-0.15, -0.1) is 0 Å². The standard InChI is InChI=1S/C26H30FN5O2/c1-4-22-21(17-19-8-7-9-20(27)16-19)25(29-18(2)28-22)31-12-14-32(15-13-31)26(33)30-23-10-5-6-11-24(23)34-3/h5-11,16H,4,12-15,17H2,1-3H3,(H,30,33). The molecular formula is C26H30FN5O2. The van der Waals surface area contributed by atoms with Crippen molar-refractivity contribution in [1.29, 1.82) is 0 Å². The number of anilines is 2. The van der Waals surface area contributed by atoms with Gasteiger partial charge in [-0.05, 0) is 43.2 Å². The number of amides is 2. The maximum atomic E-state index is 13.8. The first-order valence-electron chi connectivity index (χ1n) is 11.5. The van der Waals surface area contributed by atoms with Crippen molar-refractivity contribution in [1.82, 2.24) is 14.9 Å². The predicted molar refractivity (Wildman–Crippen MR) is 131 cm³/mol. The highest BCUT2D eigenvalue weighted by Gasteiger charge is 2.25. The number of aromatic nitrogens is 2. The van der Waals surface area contributed by atoms with Crippen LogP contribution in [-0.4, -0.2) is 54.2 Å². The molecule has 1 N–H and O–H groups in total. The summed E-state index contributed by atoms with van der Waals surface area (Å²) in [6.45, 7) is 6.38. The Kier molecular flexibility index (Phi) is 7.25. The van der Waals surface area contributed by atoms with E-state index in [-0.39, 0.29) is 11.8 Å². The van der Waals surface area contributed by atoms with Gasteiger partial charge >= 0.3 is 6.03 Å². The van der Waals surface area contributed by atoms with E-state index in [0.717, 1.165) is 29.1 Å². The predicted octanol–water partition coefficient (Wildman–Crippen LogP) is 4.44. The lowest BCUT2D eigenvalue weighted by molar-refractivity contribution is 0.208. The van der Waals surface area contributed by atoms with Gasteiger partial charge < -0.3 is 19.9 Å². The van der Waals surface area contributed by atoms with E-state index in [9.17, 15) is 9.18 Å². The largest absolute Gasteiger partial charge is 0.495 e. The zero-order chi connectivity index (χ0) is 24.1. The summed E-state index contributed by atoms with van der Waals surface area (Å²) >= 11 is 0. The van der Waals surface area contributed by atoms with Crippen LogP contribution in [0.15, 0.2) is 48.5 Å². The number of methoxy groups -OCH3 is 1. The lowest BCUT2D eigenvalue weighted by atomic mass is 10.0. The maximum absolute atomic E-state index is 13.8. The summed E-state index contributed by atoms with van der Waals surface area (Å²) < 4.78 is 19.1. The second-order valence-electron chi connectivity index (χ2n) is 8.28. The van der Waals surface area contributed by atoms with Crippen molar-refractivity contribution in [3.05, 3.63) is 77.0 Å². The summed E-state index contributed by atoms with van der Waals surface area (Å²) in [7, 11) is 1.58. The zero-order valence-electron chi connectivity index (χ0n) is 19.8. The highest BCUT2D eigenvalue weighted by molar-refractivity contribution is 5.91. The molecule has 1 saturated heterocycles. The first kappa shape index (κ1) is 23.5. The highest BCUT2D eigenvalue weighted by Crippen LogP contribution is 2.27. The molecule has 0 saturated carbocycles. The molecule has 0 unspecified atom stereocenters. The van der Waals surface area contributed by atoms with Crippen LogP contribution in [0.5, 0.6) is 5.75 Å². The van der Waals surface area contributed by atoms with Crippen LogP contribution in [0.4, 0.5) is 20.7 Å². The number of para-hydroxylation sites is 2. The fourth-order valence-electron chi connectivity index (χ4n) is 4.29. The number of ether oxygens (including phenoxy) is 1. The molecule has 8 heteroatoms. The zero-order valence-corrected chi connectivity index (χ0v) is 19.8. The Bertz CT molecular complexity index is 1160. The lowest BCUT2D eigenvalue weighted by Crippen LogP contribution is -2.50. The molecule has 1 aromatic heterocycles. The van der Waals surface area contributed by atoms with Crippen LogP contribution in [0.2, 0.25) is 0 Å². The van der Waals surface area contributed by atoms with Gasteiger partial charge in [0.15, 0.2) is 0 Å². The molecule has 0 spiro atoms. The molecule has 0 radical (unpaired) electrons. The normalized spacial score (nSPS) is 13.6. The van der Waals surface area contributed by atoms with Crippen LogP contribution in [-0.2, 0) is 12.8 Å². The topological polar surface area (TPSA) is 70.6 Å². The minimum atomic E-state index is -0.250. The molecule has 0 aliphatic carbocycles. The fourth-order valence-corrected chi connectivity index (χ4v) is 4.29. The van der Waals surface area contributed by atoms with Crippen LogP contribution in [0.25, 0.3) is 0 Å². The SMILES string of the molecule is CCc1nc(C)nc(N2CCN(C(=O)Nc3ccccc3OC)CC2)c1Cc1cccc(F)c1. The molecule has 2 amide bonds. The Labute approximate surface area is 199 Å². The number of carbonyl (C=O) groups excluding carboxylic acids is 1. The van der Waals surface area contributed by atoms with Gasteiger partial charge in [-0.2, -0.15) is 0 Å². The number of nitrogens with one attached hydrogen (secondary N) is 1. The number of aryl methyl sites for hydroxylation is 2. The Morgan fingerprint density at radius 1 is 1.09 bits per heavy atom. The number of carbonyl (C=O) groups is 1. The third kappa shape index (κ3) is 5.27. The molecule has 34 heavy (non-hydrogen) atoms. The third-order valence-electron chi connectivity index (χ3n) is 6.00. The van der Waals surface area contributed by atoms with Gasteiger partial charge in [0.05, 0.1) is 12.8 Å². The summed E-state index contributed by atoms with van der Waals surface area (Å²) in [5, 5.41) is 2.94. The van der Waals surface area contributed by atoms with Crippen molar-refractivity contribution in [2.24, 2.45) is 0 Å². The van der Waals surface area contributed by atoms with Crippen molar-refractivity contribution in [2.45, 2.75) is 26.7 Å². The Morgan fingerprint density at radius 2 is 1.85 bits per heavy atom. The number of benzene rings is 2. The van der Waals surface area contributed by atoms with Crippen molar-refractivity contribution in [3.63, 3.8) is 0 Å². The van der Waals surface area contributed by atoms with Crippen LogP contribution in [0.1, 0.15) is 29.6 Å². The van der Waals surface area contributed by atoms with E-state index in [2.05, 4.69) is 22.1 Å². The van der Waals surface area contributed by atoms with E-state index < -0.39 is 0 Å². The molecule has 1 aliphatic rings. The van der Waals surface area contributed by atoms with Gasteiger partial charge in [0.25, 0.3) is 0 Å². The summed E-state index contributed by atoms with van der Waals surface area (Å²) in [6, 6.07) is 13.9. The molecular weight excluding hydrogens is 433 g/mol. The average molecular weight is 464 g/mol. The lowest BCUT2D eigenvalue weighted by Gasteiger charge is -2.36. The molecule has 1 fully saturated rings. The van der Waals surface area contributed by atoms with Crippen molar-refractivity contribution < 1.29 is 13.9 Å². The number of rotatable bonds is 6. The van der Waals surface area contributed by atoms with Gasteiger partial charge in [0.2, 0.25) is 0 Å². The summed E-state index contributed by atoms with van der Waals surface area (Å²) in [4.78, 5) is 26.3. The molecule has 0 bridgehead atoms. The van der Waals surface area contributed by atoms with E-state index in [1.54, 1.807) is 24.1 Å². The monoisotopic (exact) mass is 463 g/mol. The van der Waals surface area contributed by atoms with E-state index in [0.29, 0.717) is 49.9 Å². The highest BCUT2D eigenvalue weighted by atomic mass is 19.1. The first-order valence-corrected chi connectivity index (χ1v) is 11.5. The number of hydrogen-bond acceptors (Lipinski definition) is 5. The van der Waals surface area contributed by atoms with Gasteiger partial charge in [-0.3, -0.25) is 0 Å². The van der Waals surface area contributed by atoms with Crippen LogP contribution >= 0.6 is 0 Å². The number of halogens is 1. The number of nitrogens with zero attached hydrogens (tertiary/aromatic N) is 4. The first-order chi connectivity index (χ1) is 16.5. The second kappa shape index (κ2) is 10.5. The van der Waals surface area contributed by atoms with Gasteiger partial charge in [-0.1, -0.05) is 31.2 Å². The van der Waals surface area contributed by atoms with Gasteiger partial charge in [0, 0.05) is 43.9 Å². The molecule has 0 atom stereocenters. The number of hydrogen-bond donors (Lipinski definition) is 1. The molecule has 4 rings (SSSR count). The van der Waals surface area contributed by atoms with Gasteiger partial charge in [0.1, 0.15) is 23.2 Å². The average Bonchev–Trinajstić information content (AvgIpc) is 2.85. The molecule has 1 aliphatic heterocycles. The summed E-state index contributed by atoms with van der Waals surface area (Å²) in [5.74, 6) is 1.96. The van der Waals surface area contributed by atoms with Crippen LogP contribution < -0.4 is 15.0 Å². The smallest absolute Gasteiger partial charge is 0.322 e. The Balaban J connectivity index is 1.50. The second-order valence-corrected chi connectivity index (χ2v) is 8.28. The Morgan fingerprint density at radius 3 is 2.56 bits per heavy atom. The van der Waals surface area contributed by atoms with E-state index in [1.165, 1.54) is 6.07 Å². The van der Waals surface area contributed by atoms with Crippen molar-refractivity contribution in [3.8, 4) is 5.75 Å². The van der Waals surface area contributed by atoms with Crippen LogP contribution in [0, 0.1) is 12.7 Å².